The van der Waals surface area contributed by atoms with Gasteiger partial charge in [-0.2, -0.15) is 4.31 Å². The van der Waals surface area contributed by atoms with Crippen molar-refractivity contribution in [1.82, 2.24) is 4.31 Å². The molecule has 0 spiro atoms. The van der Waals surface area contributed by atoms with Crippen molar-refractivity contribution in [3.8, 4) is 0 Å². The van der Waals surface area contributed by atoms with Crippen molar-refractivity contribution in [3.05, 3.63) is 91.9 Å². The van der Waals surface area contributed by atoms with Crippen LogP contribution in [0.1, 0.15) is 16.7 Å². The number of hydrogen-bond donors (Lipinski definition) is 1. The maximum absolute atomic E-state index is 13.4. The molecule has 0 aliphatic carbocycles. The predicted octanol–water partition coefficient (Wildman–Crippen LogP) is 6.20. The van der Waals surface area contributed by atoms with Crippen molar-refractivity contribution >= 4 is 60.7 Å². The maximum Gasteiger partial charge on any atom is 0.243 e. The van der Waals surface area contributed by atoms with E-state index >= 15 is 0 Å². The SMILES string of the molecule is Cc1ccc(NC(=O)CN(Cc2ccc(Cl)cc2Cl)S(=O)(=O)c2ccc(Br)cc2)c(C)c1. The Hall–Kier alpha value is -1.90. The van der Waals surface area contributed by atoms with E-state index in [1.165, 1.54) is 12.1 Å². The van der Waals surface area contributed by atoms with Crippen LogP contribution in [0.4, 0.5) is 5.69 Å². The zero-order valence-electron chi connectivity index (χ0n) is 17.4. The monoisotopic (exact) mass is 554 g/mol. The Balaban J connectivity index is 1.92. The van der Waals surface area contributed by atoms with Crippen LogP contribution in [0.2, 0.25) is 10.0 Å². The van der Waals surface area contributed by atoms with Gasteiger partial charge in [-0.15, -0.1) is 0 Å². The van der Waals surface area contributed by atoms with Gasteiger partial charge in [-0.1, -0.05) is 62.9 Å². The lowest BCUT2D eigenvalue weighted by Crippen LogP contribution is -2.37. The van der Waals surface area contributed by atoms with Crippen LogP contribution >= 0.6 is 39.1 Å². The third-order valence-electron chi connectivity index (χ3n) is 4.79. The number of nitrogens with zero attached hydrogens (tertiary/aromatic N) is 1. The Morgan fingerprint density at radius 3 is 2.31 bits per heavy atom. The van der Waals surface area contributed by atoms with Gasteiger partial charge in [0, 0.05) is 26.8 Å². The molecule has 0 saturated heterocycles. The molecule has 0 aliphatic heterocycles. The van der Waals surface area contributed by atoms with E-state index in [9.17, 15) is 13.2 Å². The molecule has 0 saturated carbocycles. The lowest BCUT2D eigenvalue weighted by molar-refractivity contribution is -0.116. The molecule has 168 valence electrons. The highest BCUT2D eigenvalue weighted by molar-refractivity contribution is 9.10. The van der Waals surface area contributed by atoms with Gasteiger partial charge in [0.15, 0.2) is 0 Å². The number of rotatable bonds is 7. The second kappa shape index (κ2) is 10.4. The highest BCUT2D eigenvalue weighted by Crippen LogP contribution is 2.26. The van der Waals surface area contributed by atoms with E-state index in [0.29, 0.717) is 21.3 Å². The summed E-state index contributed by atoms with van der Waals surface area (Å²) in [5.74, 6) is -0.456. The van der Waals surface area contributed by atoms with Gasteiger partial charge in [0.2, 0.25) is 15.9 Å². The molecule has 0 fully saturated rings. The van der Waals surface area contributed by atoms with E-state index in [0.717, 1.165) is 19.9 Å². The minimum Gasteiger partial charge on any atom is -0.325 e. The van der Waals surface area contributed by atoms with Gasteiger partial charge in [-0.3, -0.25) is 4.79 Å². The fourth-order valence-electron chi connectivity index (χ4n) is 3.13. The van der Waals surface area contributed by atoms with E-state index in [4.69, 9.17) is 23.2 Å². The van der Waals surface area contributed by atoms with Crippen LogP contribution in [0.5, 0.6) is 0 Å². The smallest absolute Gasteiger partial charge is 0.243 e. The molecule has 1 N–H and O–H groups in total. The van der Waals surface area contributed by atoms with Crippen LogP contribution in [0.25, 0.3) is 0 Å². The van der Waals surface area contributed by atoms with E-state index in [2.05, 4.69) is 21.2 Å². The molecule has 0 heterocycles. The van der Waals surface area contributed by atoms with Crippen LogP contribution in [-0.4, -0.2) is 25.2 Å². The first-order chi connectivity index (χ1) is 15.1. The summed E-state index contributed by atoms with van der Waals surface area (Å²) in [6.07, 6.45) is 0. The molecule has 3 rings (SSSR count). The highest BCUT2D eigenvalue weighted by atomic mass is 79.9. The van der Waals surface area contributed by atoms with Crippen LogP contribution in [0, 0.1) is 13.8 Å². The van der Waals surface area contributed by atoms with Crippen molar-refractivity contribution in [2.75, 3.05) is 11.9 Å². The summed E-state index contributed by atoms with van der Waals surface area (Å²) < 4.78 is 28.6. The maximum atomic E-state index is 13.4. The van der Waals surface area contributed by atoms with E-state index in [1.807, 2.05) is 26.0 Å². The Morgan fingerprint density at radius 2 is 1.69 bits per heavy atom. The lowest BCUT2D eigenvalue weighted by Gasteiger charge is -2.23. The Morgan fingerprint density at radius 1 is 1.00 bits per heavy atom. The molecule has 3 aromatic carbocycles. The van der Waals surface area contributed by atoms with Crippen molar-refractivity contribution in [2.45, 2.75) is 25.3 Å². The first-order valence-electron chi connectivity index (χ1n) is 9.63. The minimum atomic E-state index is -3.99. The Bertz CT molecular complexity index is 1250. The van der Waals surface area contributed by atoms with Crippen molar-refractivity contribution < 1.29 is 13.2 Å². The van der Waals surface area contributed by atoms with E-state index in [-0.39, 0.29) is 18.0 Å². The summed E-state index contributed by atoms with van der Waals surface area (Å²) in [5, 5.41) is 3.56. The zero-order chi connectivity index (χ0) is 23.5. The average molecular weight is 556 g/mol. The van der Waals surface area contributed by atoms with E-state index < -0.39 is 15.9 Å². The number of carbonyl (C=O) groups is 1. The first kappa shape index (κ1) is 24.7. The van der Waals surface area contributed by atoms with Crippen molar-refractivity contribution in [3.63, 3.8) is 0 Å². The van der Waals surface area contributed by atoms with Crippen LogP contribution < -0.4 is 5.32 Å². The summed E-state index contributed by atoms with van der Waals surface area (Å²) in [7, 11) is -3.99. The molecule has 9 heteroatoms. The third kappa shape index (κ3) is 6.11. The summed E-state index contributed by atoms with van der Waals surface area (Å²) in [6.45, 7) is 3.37. The Kier molecular flexibility index (Phi) is 8.01. The summed E-state index contributed by atoms with van der Waals surface area (Å²) >= 11 is 15.6. The molecule has 0 bridgehead atoms. The second-order valence-corrected chi connectivity index (χ2v) is 11.0. The largest absolute Gasteiger partial charge is 0.325 e. The number of aryl methyl sites for hydroxylation is 2. The first-order valence-corrected chi connectivity index (χ1v) is 12.6. The van der Waals surface area contributed by atoms with Crippen molar-refractivity contribution in [2.24, 2.45) is 0 Å². The van der Waals surface area contributed by atoms with Gasteiger partial charge in [0.1, 0.15) is 0 Å². The molecule has 0 aromatic heterocycles. The number of carbonyl (C=O) groups excluding carboxylic acids is 1. The fourth-order valence-corrected chi connectivity index (χ4v) is 5.23. The summed E-state index contributed by atoms with van der Waals surface area (Å²) in [6, 6.07) is 16.7. The van der Waals surface area contributed by atoms with Gasteiger partial charge in [0.25, 0.3) is 0 Å². The number of nitrogens with one attached hydrogen (secondary N) is 1. The van der Waals surface area contributed by atoms with Crippen LogP contribution in [-0.2, 0) is 21.4 Å². The number of amides is 1. The average Bonchev–Trinajstić information content (AvgIpc) is 2.71. The molecule has 0 radical (unpaired) electrons. The zero-order valence-corrected chi connectivity index (χ0v) is 21.3. The second-order valence-electron chi connectivity index (χ2n) is 7.33. The number of anilines is 1. The molecule has 32 heavy (non-hydrogen) atoms. The number of sulfonamides is 1. The normalized spacial score (nSPS) is 11.6. The third-order valence-corrected chi connectivity index (χ3v) is 7.71. The molecule has 5 nitrogen and oxygen atoms in total. The lowest BCUT2D eigenvalue weighted by atomic mass is 10.1. The number of benzene rings is 3. The van der Waals surface area contributed by atoms with Crippen LogP contribution in [0.15, 0.2) is 70.0 Å². The molecule has 3 aromatic rings. The van der Waals surface area contributed by atoms with Gasteiger partial charge in [0.05, 0.1) is 11.4 Å². The van der Waals surface area contributed by atoms with Gasteiger partial charge >= 0.3 is 0 Å². The van der Waals surface area contributed by atoms with E-state index in [1.54, 1.807) is 36.4 Å². The topological polar surface area (TPSA) is 66.5 Å². The summed E-state index contributed by atoms with van der Waals surface area (Å²) in [5.41, 5.74) is 3.13. The van der Waals surface area contributed by atoms with Gasteiger partial charge in [-0.25, -0.2) is 8.42 Å². The molecule has 0 unspecified atom stereocenters. The molecular formula is C23H21BrCl2N2O3S. The fraction of sp³-hybridized carbons (Fsp3) is 0.174. The van der Waals surface area contributed by atoms with Crippen molar-refractivity contribution in [1.29, 1.82) is 0 Å². The minimum absolute atomic E-state index is 0.0742. The predicted molar refractivity (Wildman–Crippen MR) is 133 cm³/mol. The Labute approximate surface area is 206 Å². The standard InChI is InChI=1S/C23H21BrCl2N2O3S/c1-15-3-10-22(16(2)11-15)27-23(29)14-28(13-17-4-7-19(25)12-21(17)26)32(30,31)20-8-5-18(24)6-9-20/h3-12H,13-14H2,1-2H3,(H,27,29). The highest BCUT2D eigenvalue weighted by Gasteiger charge is 2.28. The molecule has 0 atom stereocenters. The summed E-state index contributed by atoms with van der Waals surface area (Å²) in [4.78, 5) is 12.9. The number of halogens is 3. The molecule has 0 aliphatic rings. The van der Waals surface area contributed by atoms with Crippen LogP contribution in [0.3, 0.4) is 0 Å². The molecular weight excluding hydrogens is 535 g/mol. The number of hydrogen-bond acceptors (Lipinski definition) is 3. The quantitative estimate of drug-likeness (QED) is 0.377. The molecule has 1 amide bonds. The van der Waals surface area contributed by atoms with Gasteiger partial charge in [-0.05, 0) is 67.4 Å². The van der Waals surface area contributed by atoms with Gasteiger partial charge < -0.3 is 5.32 Å².